The van der Waals surface area contributed by atoms with Crippen molar-refractivity contribution in [1.29, 1.82) is 0 Å². The van der Waals surface area contributed by atoms with Gasteiger partial charge in [0.05, 0.1) is 17.3 Å². The number of nitrogens with zero attached hydrogens (tertiary/aromatic N) is 6. The SMILES string of the molecule is CCc1nc2c3cnn(-c4cccc(Cl)c4)c3ncn2n1. The average Bonchev–Trinajstić information content (AvgIpc) is 3.10. The van der Waals surface area contributed by atoms with E-state index in [-0.39, 0.29) is 0 Å². The number of benzene rings is 1. The Bertz CT molecular complexity index is 955. The molecule has 0 saturated heterocycles. The molecule has 0 fully saturated rings. The van der Waals surface area contributed by atoms with Crippen LogP contribution in [0.3, 0.4) is 0 Å². The minimum Gasteiger partial charge on any atom is -0.216 e. The topological polar surface area (TPSA) is 60.9 Å². The summed E-state index contributed by atoms with van der Waals surface area (Å²) in [5.74, 6) is 0.791. The van der Waals surface area contributed by atoms with Crippen LogP contribution < -0.4 is 0 Å². The third kappa shape index (κ3) is 1.87. The molecule has 0 unspecified atom stereocenters. The van der Waals surface area contributed by atoms with Crippen LogP contribution in [0.1, 0.15) is 12.7 Å². The largest absolute Gasteiger partial charge is 0.216 e. The lowest BCUT2D eigenvalue weighted by Crippen LogP contribution is -1.98. The third-order valence-electron chi connectivity index (χ3n) is 3.32. The maximum Gasteiger partial charge on any atom is 0.170 e. The Morgan fingerprint density at radius 1 is 1.24 bits per heavy atom. The van der Waals surface area contributed by atoms with Crippen molar-refractivity contribution in [2.24, 2.45) is 0 Å². The second kappa shape index (κ2) is 4.53. The van der Waals surface area contributed by atoms with Gasteiger partial charge in [0.2, 0.25) is 0 Å². The summed E-state index contributed by atoms with van der Waals surface area (Å²) < 4.78 is 3.44. The zero-order valence-electron chi connectivity index (χ0n) is 11.2. The summed E-state index contributed by atoms with van der Waals surface area (Å²) in [4.78, 5) is 8.96. The first-order chi connectivity index (χ1) is 10.3. The van der Waals surface area contributed by atoms with Gasteiger partial charge < -0.3 is 0 Å². The van der Waals surface area contributed by atoms with E-state index in [9.17, 15) is 0 Å². The molecule has 1 aromatic carbocycles. The van der Waals surface area contributed by atoms with Gasteiger partial charge in [-0.3, -0.25) is 0 Å². The predicted molar refractivity (Wildman–Crippen MR) is 79.8 cm³/mol. The number of aromatic nitrogens is 6. The van der Waals surface area contributed by atoms with Crippen molar-refractivity contribution in [2.75, 3.05) is 0 Å². The van der Waals surface area contributed by atoms with Crippen molar-refractivity contribution < 1.29 is 0 Å². The Morgan fingerprint density at radius 2 is 2.14 bits per heavy atom. The normalized spacial score (nSPS) is 11.5. The molecule has 0 radical (unpaired) electrons. The molecule has 0 spiro atoms. The summed E-state index contributed by atoms with van der Waals surface area (Å²) in [6, 6.07) is 7.50. The highest BCUT2D eigenvalue weighted by Crippen LogP contribution is 2.21. The monoisotopic (exact) mass is 298 g/mol. The molecule has 0 saturated carbocycles. The lowest BCUT2D eigenvalue weighted by Gasteiger charge is -2.02. The quantitative estimate of drug-likeness (QED) is 0.571. The van der Waals surface area contributed by atoms with Gasteiger partial charge in [0.15, 0.2) is 17.1 Å². The van der Waals surface area contributed by atoms with E-state index in [0.717, 1.165) is 34.6 Å². The molecule has 0 aliphatic heterocycles. The first-order valence-electron chi connectivity index (χ1n) is 6.60. The lowest BCUT2D eigenvalue weighted by molar-refractivity contribution is 0.859. The highest BCUT2D eigenvalue weighted by atomic mass is 35.5. The number of hydrogen-bond donors (Lipinski definition) is 0. The van der Waals surface area contributed by atoms with Gasteiger partial charge in [-0.1, -0.05) is 24.6 Å². The summed E-state index contributed by atoms with van der Waals surface area (Å²) >= 11 is 6.04. The van der Waals surface area contributed by atoms with Crippen molar-refractivity contribution in [3.05, 3.63) is 47.6 Å². The molecule has 0 N–H and O–H groups in total. The molecule has 6 nitrogen and oxygen atoms in total. The number of hydrogen-bond acceptors (Lipinski definition) is 4. The summed E-state index contributed by atoms with van der Waals surface area (Å²) in [7, 11) is 0. The molecule has 0 atom stereocenters. The van der Waals surface area contributed by atoms with Crippen LogP contribution >= 0.6 is 11.6 Å². The van der Waals surface area contributed by atoms with Crippen LogP contribution in [0.4, 0.5) is 0 Å². The van der Waals surface area contributed by atoms with Gasteiger partial charge in [0.25, 0.3) is 0 Å². The summed E-state index contributed by atoms with van der Waals surface area (Å²) in [6.45, 7) is 2.02. The van der Waals surface area contributed by atoms with Crippen LogP contribution in [0, 0.1) is 0 Å². The van der Waals surface area contributed by atoms with Gasteiger partial charge in [-0.05, 0) is 18.2 Å². The molecule has 4 aromatic rings. The van der Waals surface area contributed by atoms with Crippen LogP contribution in [-0.2, 0) is 6.42 Å². The number of aryl methyl sites for hydroxylation is 1. The Morgan fingerprint density at radius 3 is 2.95 bits per heavy atom. The zero-order chi connectivity index (χ0) is 14.4. The Labute approximate surface area is 125 Å². The average molecular weight is 299 g/mol. The smallest absolute Gasteiger partial charge is 0.170 e. The highest BCUT2D eigenvalue weighted by Gasteiger charge is 2.12. The second-order valence-electron chi connectivity index (χ2n) is 4.67. The molecule has 21 heavy (non-hydrogen) atoms. The third-order valence-corrected chi connectivity index (χ3v) is 3.55. The molecule has 0 aliphatic rings. The summed E-state index contributed by atoms with van der Waals surface area (Å²) in [5, 5.41) is 10.3. The first kappa shape index (κ1) is 12.3. The number of fused-ring (bicyclic) bond motifs is 3. The van der Waals surface area contributed by atoms with Gasteiger partial charge in [-0.2, -0.15) is 5.10 Å². The van der Waals surface area contributed by atoms with Crippen LogP contribution in [0.25, 0.3) is 22.4 Å². The fourth-order valence-corrected chi connectivity index (χ4v) is 2.50. The van der Waals surface area contributed by atoms with E-state index >= 15 is 0 Å². The highest BCUT2D eigenvalue weighted by molar-refractivity contribution is 6.30. The maximum atomic E-state index is 6.04. The van der Waals surface area contributed by atoms with E-state index in [4.69, 9.17) is 11.6 Å². The second-order valence-corrected chi connectivity index (χ2v) is 5.10. The standard InChI is InChI=1S/C14H11ClN6/c1-2-12-18-14-11-7-17-21(10-5-3-4-9(15)6-10)13(11)16-8-20(14)19-12/h3-8H,2H2,1H3. The Hall–Kier alpha value is -2.47. The van der Waals surface area contributed by atoms with Crippen molar-refractivity contribution in [3.63, 3.8) is 0 Å². The summed E-state index contributed by atoms with van der Waals surface area (Å²) in [6.07, 6.45) is 4.20. The summed E-state index contributed by atoms with van der Waals surface area (Å²) in [5.41, 5.74) is 2.37. The molecular formula is C14H11ClN6. The zero-order valence-corrected chi connectivity index (χ0v) is 12.0. The lowest BCUT2D eigenvalue weighted by atomic mass is 10.3. The minimum absolute atomic E-state index is 0.660. The Kier molecular flexibility index (Phi) is 2.65. The van der Waals surface area contributed by atoms with Crippen LogP contribution in [0.15, 0.2) is 36.8 Å². The van der Waals surface area contributed by atoms with E-state index in [0.29, 0.717) is 5.02 Å². The molecular weight excluding hydrogens is 288 g/mol. The molecule has 0 aliphatic carbocycles. The maximum absolute atomic E-state index is 6.04. The number of halogens is 1. The number of rotatable bonds is 2. The van der Waals surface area contributed by atoms with Gasteiger partial charge in [-0.25, -0.2) is 19.2 Å². The van der Waals surface area contributed by atoms with Crippen LogP contribution in [0.5, 0.6) is 0 Å². The van der Waals surface area contributed by atoms with Gasteiger partial charge in [0.1, 0.15) is 6.33 Å². The van der Waals surface area contributed by atoms with Crippen molar-refractivity contribution in [1.82, 2.24) is 29.4 Å². The fourth-order valence-electron chi connectivity index (χ4n) is 2.31. The van der Waals surface area contributed by atoms with E-state index < -0.39 is 0 Å². The molecule has 4 rings (SSSR count). The predicted octanol–water partition coefficient (Wildman–Crippen LogP) is 2.68. The van der Waals surface area contributed by atoms with E-state index in [2.05, 4.69) is 20.2 Å². The van der Waals surface area contributed by atoms with Crippen molar-refractivity contribution in [3.8, 4) is 5.69 Å². The fraction of sp³-hybridized carbons (Fsp3) is 0.143. The van der Waals surface area contributed by atoms with Crippen LogP contribution in [0.2, 0.25) is 5.02 Å². The van der Waals surface area contributed by atoms with Gasteiger partial charge >= 0.3 is 0 Å². The van der Waals surface area contributed by atoms with E-state index in [1.54, 1.807) is 21.7 Å². The van der Waals surface area contributed by atoms with E-state index in [1.807, 2.05) is 31.2 Å². The molecule has 3 aromatic heterocycles. The molecule has 0 bridgehead atoms. The molecule has 3 heterocycles. The minimum atomic E-state index is 0.660. The first-order valence-corrected chi connectivity index (χ1v) is 6.98. The molecule has 7 heteroatoms. The van der Waals surface area contributed by atoms with Gasteiger partial charge in [0, 0.05) is 11.4 Å². The molecule has 0 amide bonds. The van der Waals surface area contributed by atoms with Gasteiger partial charge in [-0.15, -0.1) is 5.10 Å². The van der Waals surface area contributed by atoms with Crippen molar-refractivity contribution in [2.45, 2.75) is 13.3 Å². The van der Waals surface area contributed by atoms with E-state index in [1.165, 1.54) is 0 Å². The van der Waals surface area contributed by atoms with Crippen molar-refractivity contribution >= 4 is 28.3 Å². The Balaban J connectivity index is 2.00. The van der Waals surface area contributed by atoms with Crippen LogP contribution in [-0.4, -0.2) is 29.4 Å². The molecule has 104 valence electrons.